The van der Waals surface area contributed by atoms with Gasteiger partial charge in [-0.05, 0) is 57.1 Å². The van der Waals surface area contributed by atoms with E-state index >= 15 is 0 Å². The minimum atomic E-state index is -0.694. The highest BCUT2D eigenvalue weighted by molar-refractivity contribution is 6.05. The standard InChI is InChI=1S/C24H30N8O3/c1-35-19-11-14(7-10-27-19)18-12-17(20-21(25)28-13-29-32(18)20)22(33)30-15-3-5-16(6-4-15)31-23(34)24(26)8-2-9-24/h7,10-13,15-16H,2-6,8-9,26H2,1H3,(H,30,33)(H,31,34)(H2,25,28,29)/t15-,16-. The van der Waals surface area contributed by atoms with Gasteiger partial charge in [-0.2, -0.15) is 5.10 Å². The van der Waals surface area contributed by atoms with E-state index in [2.05, 4.69) is 25.7 Å². The minimum Gasteiger partial charge on any atom is -0.481 e. The quantitative estimate of drug-likeness (QED) is 0.413. The summed E-state index contributed by atoms with van der Waals surface area (Å²) >= 11 is 0. The van der Waals surface area contributed by atoms with Crippen LogP contribution < -0.4 is 26.8 Å². The Kier molecular flexibility index (Phi) is 6.01. The molecule has 11 nitrogen and oxygen atoms in total. The van der Waals surface area contributed by atoms with Crippen LogP contribution in [0, 0.1) is 0 Å². The van der Waals surface area contributed by atoms with Crippen LogP contribution >= 0.6 is 0 Å². The van der Waals surface area contributed by atoms with Crippen molar-refractivity contribution < 1.29 is 14.3 Å². The van der Waals surface area contributed by atoms with Gasteiger partial charge in [0.25, 0.3) is 5.91 Å². The molecule has 0 saturated heterocycles. The summed E-state index contributed by atoms with van der Waals surface area (Å²) in [4.78, 5) is 34.0. The lowest BCUT2D eigenvalue weighted by Gasteiger charge is -2.38. The average molecular weight is 479 g/mol. The van der Waals surface area contributed by atoms with Crippen LogP contribution in [0.3, 0.4) is 0 Å². The lowest BCUT2D eigenvalue weighted by atomic mass is 9.76. The fraction of sp³-hybridized carbons (Fsp3) is 0.458. The van der Waals surface area contributed by atoms with Gasteiger partial charge in [-0.1, -0.05) is 0 Å². The normalized spacial score (nSPS) is 21.2. The van der Waals surface area contributed by atoms with E-state index in [0.29, 0.717) is 22.7 Å². The number of nitrogens with zero attached hydrogens (tertiary/aromatic N) is 4. The van der Waals surface area contributed by atoms with E-state index in [-0.39, 0.29) is 29.7 Å². The number of hydrogen-bond donors (Lipinski definition) is 4. The van der Waals surface area contributed by atoms with Crippen molar-refractivity contribution in [2.24, 2.45) is 5.73 Å². The number of methoxy groups -OCH3 is 1. The number of hydrogen-bond acceptors (Lipinski definition) is 8. The van der Waals surface area contributed by atoms with Crippen LogP contribution in [-0.4, -0.2) is 56.1 Å². The first-order chi connectivity index (χ1) is 16.9. The highest BCUT2D eigenvalue weighted by atomic mass is 16.5. The van der Waals surface area contributed by atoms with Gasteiger partial charge >= 0.3 is 0 Å². The number of carbonyl (C=O) groups excluding carboxylic acids is 2. The Morgan fingerprint density at radius 2 is 1.83 bits per heavy atom. The van der Waals surface area contributed by atoms with Gasteiger partial charge in [0.2, 0.25) is 11.8 Å². The number of nitrogens with two attached hydrogens (primary N) is 2. The Labute approximate surface area is 202 Å². The number of nitrogens with one attached hydrogen (secondary N) is 2. The highest BCUT2D eigenvalue weighted by Crippen LogP contribution is 2.31. The maximum absolute atomic E-state index is 13.3. The van der Waals surface area contributed by atoms with Crippen LogP contribution in [0.2, 0.25) is 0 Å². The molecule has 3 aromatic heterocycles. The second-order valence-corrected chi connectivity index (χ2v) is 9.44. The summed E-state index contributed by atoms with van der Waals surface area (Å²) in [5.74, 6) is 0.383. The van der Waals surface area contributed by atoms with Gasteiger partial charge in [0.05, 0.1) is 23.9 Å². The molecule has 6 N–H and O–H groups in total. The lowest BCUT2D eigenvalue weighted by molar-refractivity contribution is -0.130. The second kappa shape index (κ2) is 9.14. The van der Waals surface area contributed by atoms with Crippen LogP contribution in [0.1, 0.15) is 55.3 Å². The maximum atomic E-state index is 13.3. The molecule has 35 heavy (non-hydrogen) atoms. The van der Waals surface area contributed by atoms with Crippen molar-refractivity contribution in [2.75, 3.05) is 12.8 Å². The number of pyridine rings is 1. The van der Waals surface area contributed by atoms with Crippen LogP contribution in [-0.2, 0) is 4.79 Å². The number of carbonyl (C=O) groups is 2. The van der Waals surface area contributed by atoms with Gasteiger partial charge in [-0.3, -0.25) is 9.59 Å². The Bertz CT molecular complexity index is 1260. The number of aromatic nitrogens is 4. The molecule has 2 aliphatic rings. The van der Waals surface area contributed by atoms with Crippen LogP contribution in [0.4, 0.5) is 5.82 Å². The van der Waals surface area contributed by atoms with E-state index in [1.165, 1.54) is 6.33 Å². The number of rotatable bonds is 6. The second-order valence-electron chi connectivity index (χ2n) is 9.44. The molecule has 0 unspecified atom stereocenters. The molecular formula is C24H30N8O3. The van der Waals surface area contributed by atoms with Crippen LogP contribution in [0.25, 0.3) is 16.8 Å². The fourth-order valence-electron chi connectivity index (χ4n) is 4.89. The van der Waals surface area contributed by atoms with Crippen molar-refractivity contribution in [3.8, 4) is 17.1 Å². The molecule has 0 aliphatic heterocycles. The SMILES string of the molecule is COc1cc(-c2cc(C(=O)N[C@H]3CC[C@H](NC(=O)C4(N)CCC4)CC3)c3c(N)ncnn23)ccn1. The van der Waals surface area contributed by atoms with E-state index in [1.807, 2.05) is 6.07 Å². The van der Waals surface area contributed by atoms with E-state index in [9.17, 15) is 9.59 Å². The maximum Gasteiger partial charge on any atom is 0.253 e. The third-order valence-corrected chi connectivity index (χ3v) is 7.16. The summed E-state index contributed by atoms with van der Waals surface area (Å²) in [5.41, 5.74) is 13.9. The summed E-state index contributed by atoms with van der Waals surface area (Å²) in [6.07, 6.45) is 8.59. The third kappa shape index (κ3) is 4.39. The fourth-order valence-corrected chi connectivity index (χ4v) is 4.89. The lowest BCUT2D eigenvalue weighted by Crippen LogP contribution is -2.60. The zero-order chi connectivity index (χ0) is 24.6. The van der Waals surface area contributed by atoms with Gasteiger partial charge in [-0.15, -0.1) is 0 Å². The van der Waals surface area contributed by atoms with E-state index in [1.54, 1.807) is 30.0 Å². The van der Waals surface area contributed by atoms with Gasteiger partial charge in [0, 0.05) is 29.9 Å². The van der Waals surface area contributed by atoms with Crippen molar-refractivity contribution in [1.82, 2.24) is 30.2 Å². The monoisotopic (exact) mass is 478 g/mol. The Morgan fingerprint density at radius 1 is 1.11 bits per heavy atom. The van der Waals surface area contributed by atoms with Crippen molar-refractivity contribution in [3.05, 3.63) is 36.3 Å². The zero-order valence-corrected chi connectivity index (χ0v) is 19.7. The summed E-state index contributed by atoms with van der Waals surface area (Å²) in [7, 11) is 1.54. The average Bonchev–Trinajstić information content (AvgIpc) is 3.25. The molecule has 0 spiro atoms. The first-order valence-electron chi connectivity index (χ1n) is 11.9. The highest BCUT2D eigenvalue weighted by Gasteiger charge is 2.41. The molecule has 0 bridgehead atoms. The predicted molar refractivity (Wildman–Crippen MR) is 130 cm³/mol. The minimum absolute atomic E-state index is 0.00327. The smallest absolute Gasteiger partial charge is 0.253 e. The topological polar surface area (TPSA) is 163 Å². The zero-order valence-electron chi connectivity index (χ0n) is 19.7. The van der Waals surface area contributed by atoms with Gasteiger partial charge in [0.15, 0.2) is 5.82 Å². The first kappa shape index (κ1) is 23.0. The van der Waals surface area contributed by atoms with Gasteiger partial charge in [0.1, 0.15) is 11.8 Å². The number of nitrogen functional groups attached to an aromatic ring is 1. The molecule has 0 radical (unpaired) electrons. The summed E-state index contributed by atoms with van der Waals surface area (Å²) in [6.45, 7) is 0. The molecule has 2 saturated carbocycles. The van der Waals surface area contributed by atoms with Crippen LogP contribution in [0.15, 0.2) is 30.7 Å². The summed E-state index contributed by atoms with van der Waals surface area (Å²) in [6, 6.07) is 5.43. The van der Waals surface area contributed by atoms with E-state index in [4.69, 9.17) is 16.2 Å². The molecule has 184 valence electrons. The molecule has 2 aliphatic carbocycles. The Balaban J connectivity index is 1.30. The Hall–Kier alpha value is -3.73. The number of fused-ring (bicyclic) bond motifs is 1. The van der Waals surface area contributed by atoms with Crippen molar-refractivity contribution >= 4 is 23.1 Å². The van der Waals surface area contributed by atoms with Crippen molar-refractivity contribution in [3.63, 3.8) is 0 Å². The number of ether oxygens (including phenoxy) is 1. The predicted octanol–water partition coefficient (Wildman–Crippen LogP) is 1.42. The van der Waals surface area contributed by atoms with E-state index in [0.717, 1.165) is 50.5 Å². The molecule has 3 heterocycles. The molecule has 2 fully saturated rings. The number of amides is 2. The summed E-state index contributed by atoms with van der Waals surface area (Å²) in [5, 5.41) is 10.6. The first-order valence-corrected chi connectivity index (χ1v) is 11.9. The molecular weight excluding hydrogens is 448 g/mol. The molecule has 0 aromatic carbocycles. The Morgan fingerprint density at radius 3 is 2.49 bits per heavy atom. The van der Waals surface area contributed by atoms with Gasteiger partial charge < -0.3 is 26.8 Å². The van der Waals surface area contributed by atoms with Crippen LogP contribution in [0.5, 0.6) is 5.88 Å². The van der Waals surface area contributed by atoms with Crippen molar-refractivity contribution in [2.45, 2.75) is 62.6 Å². The number of anilines is 1. The molecule has 5 rings (SSSR count). The molecule has 0 atom stereocenters. The summed E-state index contributed by atoms with van der Waals surface area (Å²) < 4.78 is 6.85. The molecule has 2 amide bonds. The molecule has 3 aromatic rings. The van der Waals surface area contributed by atoms with E-state index < -0.39 is 5.54 Å². The molecule has 11 heteroatoms. The largest absolute Gasteiger partial charge is 0.481 e. The third-order valence-electron chi connectivity index (χ3n) is 7.16. The van der Waals surface area contributed by atoms with Gasteiger partial charge in [-0.25, -0.2) is 14.5 Å². The van der Waals surface area contributed by atoms with Crippen molar-refractivity contribution in [1.29, 1.82) is 0 Å².